The summed E-state index contributed by atoms with van der Waals surface area (Å²) < 4.78 is 0. The lowest BCUT2D eigenvalue weighted by atomic mass is 10.1. The fourth-order valence-electron chi connectivity index (χ4n) is 1.17. The van der Waals surface area contributed by atoms with Gasteiger partial charge in [-0.25, -0.2) is 0 Å². The summed E-state index contributed by atoms with van der Waals surface area (Å²) in [6.45, 7) is 4.52. The maximum absolute atomic E-state index is 8.39. The topological polar surface area (TPSA) is 35.8 Å². The molecule has 0 radical (unpaired) electrons. The molecule has 0 aliphatic heterocycles. The van der Waals surface area contributed by atoms with Gasteiger partial charge in [-0.15, -0.1) is 0 Å². The molecule has 0 fully saturated rings. The molecular formula is C11H14N2. The van der Waals surface area contributed by atoms with Crippen LogP contribution in [0.5, 0.6) is 0 Å². The highest BCUT2D eigenvalue weighted by molar-refractivity contribution is 5.23. The van der Waals surface area contributed by atoms with Gasteiger partial charge in [0.15, 0.2) is 0 Å². The average molecular weight is 174 g/mol. The van der Waals surface area contributed by atoms with E-state index in [1.165, 1.54) is 11.1 Å². The Hall–Kier alpha value is -1.33. The average Bonchev–Trinajstić information content (AvgIpc) is 2.15. The fourth-order valence-corrected chi connectivity index (χ4v) is 1.17. The van der Waals surface area contributed by atoms with Crippen molar-refractivity contribution in [1.29, 1.82) is 5.26 Å². The minimum absolute atomic E-state index is 0.250. The number of nitrogens with zero attached hydrogens (tertiary/aromatic N) is 1. The van der Waals surface area contributed by atoms with Gasteiger partial charge in [0.05, 0.1) is 12.6 Å². The molecule has 0 saturated heterocycles. The van der Waals surface area contributed by atoms with Gasteiger partial charge in [0.2, 0.25) is 0 Å². The van der Waals surface area contributed by atoms with Gasteiger partial charge < -0.3 is 0 Å². The van der Waals surface area contributed by atoms with Gasteiger partial charge in [0, 0.05) is 6.04 Å². The summed E-state index contributed by atoms with van der Waals surface area (Å²) in [5.41, 5.74) is 2.48. The van der Waals surface area contributed by atoms with Crippen LogP contribution in [0.4, 0.5) is 0 Å². The van der Waals surface area contributed by atoms with Crippen LogP contribution in [0.1, 0.15) is 24.1 Å². The van der Waals surface area contributed by atoms with E-state index >= 15 is 0 Å². The molecule has 0 amide bonds. The van der Waals surface area contributed by atoms with E-state index < -0.39 is 0 Å². The van der Waals surface area contributed by atoms with Crippen molar-refractivity contribution in [3.05, 3.63) is 35.4 Å². The van der Waals surface area contributed by atoms with E-state index in [0.29, 0.717) is 6.54 Å². The third-order valence-corrected chi connectivity index (χ3v) is 2.06. The van der Waals surface area contributed by atoms with Crippen molar-refractivity contribution in [3.8, 4) is 6.07 Å². The van der Waals surface area contributed by atoms with Crippen molar-refractivity contribution >= 4 is 0 Å². The monoisotopic (exact) mass is 174 g/mol. The number of hydrogen-bond acceptors (Lipinski definition) is 2. The molecule has 0 saturated carbocycles. The van der Waals surface area contributed by atoms with E-state index in [0.717, 1.165) is 0 Å². The second kappa shape index (κ2) is 4.64. The lowest BCUT2D eigenvalue weighted by Gasteiger charge is -2.11. The van der Waals surface area contributed by atoms with Crippen molar-refractivity contribution in [2.75, 3.05) is 6.54 Å². The summed E-state index contributed by atoms with van der Waals surface area (Å²) >= 11 is 0. The molecule has 13 heavy (non-hydrogen) atoms. The standard InChI is InChI=1S/C11H14N2/c1-9-3-5-11(6-4-9)10(2)13-8-7-12/h3-6,10,13H,8H2,1-2H3/t10-/m0/s1. The zero-order valence-electron chi connectivity index (χ0n) is 8.04. The van der Waals surface area contributed by atoms with Gasteiger partial charge in [-0.05, 0) is 19.4 Å². The Labute approximate surface area is 79.2 Å². The van der Waals surface area contributed by atoms with E-state index in [9.17, 15) is 0 Å². The molecule has 2 nitrogen and oxygen atoms in total. The van der Waals surface area contributed by atoms with E-state index in [1.807, 2.05) is 0 Å². The molecule has 0 spiro atoms. The van der Waals surface area contributed by atoms with Gasteiger partial charge >= 0.3 is 0 Å². The molecular weight excluding hydrogens is 160 g/mol. The maximum atomic E-state index is 8.39. The second-order valence-electron chi connectivity index (χ2n) is 3.17. The number of benzene rings is 1. The first-order valence-electron chi connectivity index (χ1n) is 4.41. The summed E-state index contributed by atoms with van der Waals surface area (Å²) in [6, 6.07) is 10.7. The first kappa shape index (κ1) is 9.76. The van der Waals surface area contributed by atoms with Gasteiger partial charge in [-0.2, -0.15) is 5.26 Å². The van der Waals surface area contributed by atoms with Crippen molar-refractivity contribution in [3.63, 3.8) is 0 Å². The Morgan fingerprint density at radius 2 is 2.00 bits per heavy atom. The number of hydrogen-bond donors (Lipinski definition) is 1. The first-order valence-corrected chi connectivity index (χ1v) is 4.41. The lowest BCUT2D eigenvalue weighted by Crippen LogP contribution is -2.18. The maximum Gasteiger partial charge on any atom is 0.0845 e. The lowest BCUT2D eigenvalue weighted by molar-refractivity contribution is 0.621. The van der Waals surface area contributed by atoms with Crippen LogP contribution in [0, 0.1) is 18.3 Å². The van der Waals surface area contributed by atoms with Gasteiger partial charge in [0.1, 0.15) is 0 Å². The predicted molar refractivity (Wildman–Crippen MR) is 53.2 cm³/mol. The molecule has 1 atom stereocenters. The number of rotatable bonds is 3. The Morgan fingerprint density at radius 3 is 2.54 bits per heavy atom. The van der Waals surface area contributed by atoms with Crippen molar-refractivity contribution in [2.45, 2.75) is 19.9 Å². The van der Waals surface area contributed by atoms with Gasteiger partial charge in [-0.3, -0.25) is 5.32 Å². The normalized spacial score (nSPS) is 12.1. The van der Waals surface area contributed by atoms with Gasteiger partial charge in [0.25, 0.3) is 0 Å². The summed E-state index contributed by atoms with van der Waals surface area (Å²) in [5.74, 6) is 0. The second-order valence-corrected chi connectivity index (χ2v) is 3.17. The predicted octanol–water partition coefficient (Wildman–Crippen LogP) is 2.17. The molecule has 0 aliphatic rings. The third kappa shape index (κ3) is 2.89. The van der Waals surface area contributed by atoms with Crippen LogP contribution in [0.3, 0.4) is 0 Å². The first-order chi connectivity index (χ1) is 6.24. The zero-order chi connectivity index (χ0) is 9.68. The number of nitriles is 1. The van der Waals surface area contributed by atoms with E-state index in [-0.39, 0.29) is 6.04 Å². The highest BCUT2D eigenvalue weighted by Crippen LogP contribution is 2.12. The number of nitrogens with one attached hydrogen (secondary N) is 1. The van der Waals surface area contributed by atoms with Crippen LogP contribution < -0.4 is 5.32 Å². The minimum atomic E-state index is 0.250. The van der Waals surface area contributed by atoms with Crippen molar-refractivity contribution < 1.29 is 0 Å². The molecule has 0 aliphatic carbocycles. The summed E-state index contributed by atoms with van der Waals surface area (Å²) in [5, 5.41) is 11.5. The molecule has 0 unspecified atom stereocenters. The van der Waals surface area contributed by atoms with Crippen molar-refractivity contribution in [2.24, 2.45) is 0 Å². The Kier molecular flexibility index (Phi) is 3.48. The smallest absolute Gasteiger partial charge is 0.0845 e. The SMILES string of the molecule is Cc1ccc([C@H](C)NCC#N)cc1. The Balaban J connectivity index is 2.62. The molecule has 0 aromatic heterocycles. The molecule has 0 bridgehead atoms. The molecule has 1 aromatic rings. The largest absolute Gasteiger partial charge is 0.298 e. The van der Waals surface area contributed by atoms with E-state index in [1.54, 1.807) is 0 Å². The van der Waals surface area contributed by atoms with Crippen LogP contribution in [0.15, 0.2) is 24.3 Å². The van der Waals surface area contributed by atoms with E-state index in [4.69, 9.17) is 5.26 Å². The van der Waals surface area contributed by atoms with Gasteiger partial charge in [-0.1, -0.05) is 29.8 Å². The molecule has 1 rings (SSSR count). The molecule has 0 heterocycles. The van der Waals surface area contributed by atoms with Crippen LogP contribution in [-0.4, -0.2) is 6.54 Å². The molecule has 68 valence electrons. The quantitative estimate of drug-likeness (QED) is 0.713. The summed E-state index contributed by atoms with van der Waals surface area (Å²) in [7, 11) is 0. The van der Waals surface area contributed by atoms with Crippen LogP contribution in [-0.2, 0) is 0 Å². The Morgan fingerprint density at radius 1 is 1.38 bits per heavy atom. The zero-order valence-corrected chi connectivity index (χ0v) is 8.04. The Bertz CT molecular complexity index is 295. The molecule has 1 aromatic carbocycles. The number of aryl methyl sites for hydroxylation is 1. The molecule has 1 N–H and O–H groups in total. The summed E-state index contributed by atoms with van der Waals surface area (Å²) in [6.07, 6.45) is 0. The van der Waals surface area contributed by atoms with E-state index in [2.05, 4.69) is 49.5 Å². The third-order valence-electron chi connectivity index (χ3n) is 2.06. The minimum Gasteiger partial charge on any atom is -0.298 e. The van der Waals surface area contributed by atoms with Crippen LogP contribution in [0.25, 0.3) is 0 Å². The fraction of sp³-hybridized carbons (Fsp3) is 0.364. The van der Waals surface area contributed by atoms with Crippen LogP contribution >= 0.6 is 0 Å². The van der Waals surface area contributed by atoms with Crippen LogP contribution in [0.2, 0.25) is 0 Å². The molecule has 2 heteroatoms. The van der Waals surface area contributed by atoms with Crippen molar-refractivity contribution in [1.82, 2.24) is 5.32 Å². The summed E-state index contributed by atoms with van der Waals surface area (Å²) in [4.78, 5) is 0. The highest BCUT2D eigenvalue weighted by atomic mass is 14.9. The highest BCUT2D eigenvalue weighted by Gasteiger charge is 2.02.